The van der Waals surface area contributed by atoms with E-state index in [4.69, 9.17) is 5.73 Å². The molecule has 0 amide bonds. The van der Waals surface area contributed by atoms with E-state index in [0.717, 1.165) is 30.7 Å². The van der Waals surface area contributed by atoms with Gasteiger partial charge in [-0.2, -0.15) is 0 Å². The first kappa shape index (κ1) is 12.9. The second kappa shape index (κ2) is 5.49. The number of nitrogen functional groups attached to an aromatic ring is 1. The molecule has 2 bridgehead atoms. The van der Waals surface area contributed by atoms with Crippen LogP contribution in [-0.2, 0) is 0 Å². The van der Waals surface area contributed by atoms with Crippen LogP contribution in [0.4, 0.5) is 5.82 Å². The van der Waals surface area contributed by atoms with E-state index in [1.54, 1.807) is 6.20 Å². The lowest BCUT2D eigenvalue weighted by molar-refractivity contribution is 0.251. The van der Waals surface area contributed by atoms with Crippen LogP contribution >= 0.6 is 0 Å². The van der Waals surface area contributed by atoms with Gasteiger partial charge < -0.3 is 11.1 Å². The molecule has 19 heavy (non-hydrogen) atoms. The Kier molecular flexibility index (Phi) is 3.74. The third-order valence-corrected chi connectivity index (χ3v) is 5.04. The van der Waals surface area contributed by atoms with Gasteiger partial charge in [-0.1, -0.05) is 19.4 Å². The lowest BCUT2D eigenvalue weighted by atomic mass is 9.80. The molecule has 3 heteroatoms. The summed E-state index contributed by atoms with van der Waals surface area (Å²) < 4.78 is 0. The molecule has 3 N–H and O–H groups in total. The summed E-state index contributed by atoms with van der Waals surface area (Å²) in [7, 11) is 0. The average molecular weight is 259 g/mol. The first-order valence-electron chi connectivity index (χ1n) is 7.73. The van der Waals surface area contributed by atoms with Gasteiger partial charge in [0.05, 0.1) is 0 Å². The van der Waals surface area contributed by atoms with E-state index in [1.165, 1.54) is 31.2 Å². The molecule has 1 aromatic heterocycles. The quantitative estimate of drug-likeness (QED) is 0.854. The maximum Gasteiger partial charge on any atom is 0.128 e. The van der Waals surface area contributed by atoms with Gasteiger partial charge in [0.1, 0.15) is 5.82 Å². The van der Waals surface area contributed by atoms with Crippen LogP contribution in [0.1, 0.15) is 50.6 Å². The Labute approximate surface area is 116 Å². The molecule has 2 aliphatic rings. The molecule has 0 aliphatic heterocycles. The normalized spacial score (nSPS) is 30.7. The SMILES string of the molecule is CCCNC(c1cccnc1N)C1CC2CCC1C2. The number of aromatic nitrogens is 1. The summed E-state index contributed by atoms with van der Waals surface area (Å²) in [6, 6.07) is 4.57. The van der Waals surface area contributed by atoms with Crippen LogP contribution in [0.5, 0.6) is 0 Å². The maximum atomic E-state index is 6.11. The fourth-order valence-corrected chi connectivity index (χ4v) is 4.19. The Morgan fingerprint density at radius 1 is 1.42 bits per heavy atom. The molecular weight excluding hydrogens is 234 g/mol. The number of pyridine rings is 1. The van der Waals surface area contributed by atoms with Gasteiger partial charge in [0.25, 0.3) is 0 Å². The Hall–Kier alpha value is -1.09. The van der Waals surface area contributed by atoms with Crippen LogP contribution in [0, 0.1) is 17.8 Å². The monoisotopic (exact) mass is 259 g/mol. The topological polar surface area (TPSA) is 50.9 Å². The Balaban J connectivity index is 1.83. The van der Waals surface area contributed by atoms with Crippen LogP contribution < -0.4 is 11.1 Å². The minimum atomic E-state index is 0.406. The lowest BCUT2D eigenvalue weighted by Gasteiger charge is -2.32. The van der Waals surface area contributed by atoms with Gasteiger partial charge in [-0.05, 0) is 56.0 Å². The Morgan fingerprint density at radius 2 is 2.32 bits per heavy atom. The van der Waals surface area contributed by atoms with Gasteiger partial charge in [0.15, 0.2) is 0 Å². The highest BCUT2D eigenvalue weighted by atomic mass is 14.9. The highest BCUT2D eigenvalue weighted by Crippen LogP contribution is 2.52. The standard InChI is InChI=1S/C16H25N3/c1-2-7-18-15(13-4-3-8-19-16(13)17)14-10-11-5-6-12(14)9-11/h3-4,8,11-12,14-15,18H,2,5-7,9-10H2,1H3,(H2,17,19). The van der Waals surface area contributed by atoms with E-state index in [1.807, 2.05) is 6.07 Å². The van der Waals surface area contributed by atoms with Crippen molar-refractivity contribution in [2.45, 2.75) is 45.1 Å². The highest BCUT2D eigenvalue weighted by molar-refractivity contribution is 5.41. The molecule has 4 atom stereocenters. The maximum absolute atomic E-state index is 6.11. The predicted molar refractivity (Wildman–Crippen MR) is 78.6 cm³/mol. The zero-order valence-electron chi connectivity index (χ0n) is 11.8. The second-order valence-corrected chi connectivity index (χ2v) is 6.25. The first-order valence-corrected chi connectivity index (χ1v) is 7.73. The van der Waals surface area contributed by atoms with Crippen molar-refractivity contribution in [3.63, 3.8) is 0 Å². The van der Waals surface area contributed by atoms with Gasteiger partial charge in [0, 0.05) is 17.8 Å². The molecule has 2 fully saturated rings. The number of nitrogens with one attached hydrogen (secondary N) is 1. The summed E-state index contributed by atoms with van der Waals surface area (Å²) in [6.07, 6.45) is 8.63. The van der Waals surface area contributed by atoms with E-state index < -0.39 is 0 Å². The fraction of sp³-hybridized carbons (Fsp3) is 0.688. The molecular formula is C16H25N3. The zero-order chi connectivity index (χ0) is 13.2. The molecule has 3 rings (SSSR count). The minimum Gasteiger partial charge on any atom is -0.383 e. The van der Waals surface area contributed by atoms with Crippen molar-refractivity contribution in [2.75, 3.05) is 12.3 Å². The predicted octanol–water partition coefficient (Wildman–Crippen LogP) is 3.14. The molecule has 1 heterocycles. The Morgan fingerprint density at radius 3 is 2.95 bits per heavy atom. The van der Waals surface area contributed by atoms with Gasteiger partial charge in [0.2, 0.25) is 0 Å². The van der Waals surface area contributed by atoms with Gasteiger partial charge >= 0.3 is 0 Å². The summed E-state index contributed by atoms with van der Waals surface area (Å²) in [6.45, 7) is 3.28. The highest BCUT2D eigenvalue weighted by Gasteiger charge is 2.43. The number of fused-ring (bicyclic) bond motifs is 2. The summed E-state index contributed by atoms with van der Waals surface area (Å²) in [5.74, 6) is 3.34. The first-order chi connectivity index (χ1) is 9.29. The summed E-state index contributed by atoms with van der Waals surface area (Å²) >= 11 is 0. The van der Waals surface area contributed by atoms with Crippen molar-refractivity contribution in [3.8, 4) is 0 Å². The molecule has 0 spiro atoms. The fourth-order valence-electron chi connectivity index (χ4n) is 4.19. The van der Waals surface area contributed by atoms with Gasteiger partial charge in [-0.3, -0.25) is 0 Å². The number of anilines is 1. The zero-order valence-corrected chi connectivity index (χ0v) is 11.8. The largest absolute Gasteiger partial charge is 0.383 e. The smallest absolute Gasteiger partial charge is 0.128 e. The van der Waals surface area contributed by atoms with Gasteiger partial charge in [-0.25, -0.2) is 4.98 Å². The molecule has 3 nitrogen and oxygen atoms in total. The summed E-state index contributed by atoms with van der Waals surface area (Å²) in [5.41, 5.74) is 7.32. The van der Waals surface area contributed by atoms with Crippen molar-refractivity contribution < 1.29 is 0 Å². The van der Waals surface area contributed by atoms with Crippen molar-refractivity contribution in [1.29, 1.82) is 0 Å². The van der Waals surface area contributed by atoms with Crippen LogP contribution in [0.3, 0.4) is 0 Å². The van der Waals surface area contributed by atoms with E-state index in [-0.39, 0.29) is 0 Å². The van der Waals surface area contributed by atoms with Crippen LogP contribution in [0.15, 0.2) is 18.3 Å². The summed E-state index contributed by atoms with van der Waals surface area (Å²) in [5, 5.41) is 3.73. The number of nitrogens with two attached hydrogens (primary N) is 1. The average Bonchev–Trinajstić information content (AvgIpc) is 3.04. The molecule has 4 unspecified atom stereocenters. The summed E-state index contributed by atoms with van der Waals surface area (Å²) in [4.78, 5) is 4.28. The third kappa shape index (κ3) is 2.48. The lowest BCUT2D eigenvalue weighted by Crippen LogP contribution is -2.32. The van der Waals surface area contributed by atoms with E-state index >= 15 is 0 Å². The minimum absolute atomic E-state index is 0.406. The number of hydrogen-bond donors (Lipinski definition) is 2. The van der Waals surface area contributed by atoms with E-state index in [0.29, 0.717) is 11.9 Å². The molecule has 1 aromatic rings. The molecule has 104 valence electrons. The number of hydrogen-bond acceptors (Lipinski definition) is 3. The molecule has 0 radical (unpaired) electrons. The number of nitrogens with zero attached hydrogens (tertiary/aromatic N) is 1. The molecule has 0 saturated heterocycles. The van der Waals surface area contributed by atoms with E-state index in [2.05, 4.69) is 23.3 Å². The van der Waals surface area contributed by atoms with Crippen LogP contribution in [-0.4, -0.2) is 11.5 Å². The van der Waals surface area contributed by atoms with E-state index in [9.17, 15) is 0 Å². The second-order valence-electron chi connectivity index (χ2n) is 6.25. The van der Waals surface area contributed by atoms with Crippen molar-refractivity contribution in [1.82, 2.24) is 10.3 Å². The number of rotatable bonds is 5. The Bertz CT molecular complexity index is 432. The molecule has 2 aliphatic carbocycles. The van der Waals surface area contributed by atoms with Crippen LogP contribution in [0.25, 0.3) is 0 Å². The molecule has 2 saturated carbocycles. The third-order valence-electron chi connectivity index (χ3n) is 5.04. The van der Waals surface area contributed by atoms with Gasteiger partial charge in [-0.15, -0.1) is 0 Å². The van der Waals surface area contributed by atoms with Crippen LogP contribution in [0.2, 0.25) is 0 Å². The van der Waals surface area contributed by atoms with Crippen molar-refractivity contribution >= 4 is 5.82 Å². The molecule has 0 aromatic carbocycles. The van der Waals surface area contributed by atoms with Crippen molar-refractivity contribution in [3.05, 3.63) is 23.9 Å². The van der Waals surface area contributed by atoms with Crippen molar-refractivity contribution in [2.24, 2.45) is 17.8 Å².